The van der Waals surface area contributed by atoms with Crippen molar-refractivity contribution in [1.82, 2.24) is 10.6 Å². The number of esters is 1. The summed E-state index contributed by atoms with van der Waals surface area (Å²) < 4.78 is 5.21. The molecule has 0 radical (unpaired) electrons. The van der Waals surface area contributed by atoms with E-state index in [1.807, 2.05) is 39.0 Å². The van der Waals surface area contributed by atoms with E-state index in [2.05, 4.69) is 22.8 Å². The number of cyclic esters (lactones) is 1. The smallest absolute Gasteiger partial charge is 0.316 e. The largest absolute Gasteiger partial charge is 0.450 e. The first-order chi connectivity index (χ1) is 15.1. The molecule has 1 saturated carbocycles. The van der Waals surface area contributed by atoms with Crippen molar-refractivity contribution in [1.29, 1.82) is 0 Å². The summed E-state index contributed by atoms with van der Waals surface area (Å²) in [6.07, 6.45) is 3.23. The monoisotopic (exact) mass is 443 g/mol. The second-order valence-electron chi connectivity index (χ2n) is 10.2. The highest BCUT2D eigenvalue weighted by Gasteiger charge is 2.58. The summed E-state index contributed by atoms with van der Waals surface area (Å²) in [6, 6.07) is 9.66. The van der Waals surface area contributed by atoms with E-state index in [0.717, 1.165) is 25.7 Å². The van der Waals surface area contributed by atoms with E-state index in [9.17, 15) is 14.4 Å². The van der Waals surface area contributed by atoms with Gasteiger partial charge in [0.25, 0.3) is 5.91 Å². The van der Waals surface area contributed by atoms with Crippen molar-refractivity contribution in [3.8, 4) is 0 Å². The molecule has 2 aliphatic rings. The molecule has 0 spiro atoms. The third-order valence-electron chi connectivity index (χ3n) is 6.56. The topological polar surface area (TPSA) is 111 Å². The lowest BCUT2D eigenvalue weighted by Gasteiger charge is -2.44. The van der Waals surface area contributed by atoms with Gasteiger partial charge in [0.1, 0.15) is 5.41 Å². The molecular formula is C25H37N3O4. The molecule has 0 aromatic heterocycles. The highest BCUT2D eigenvalue weighted by Crippen LogP contribution is 2.43. The van der Waals surface area contributed by atoms with Gasteiger partial charge in [0.2, 0.25) is 5.91 Å². The van der Waals surface area contributed by atoms with Crippen molar-refractivity contribution in [3.05, 3.63) is 35.9 Å². The first-order valence-corrected chi connectivity index (χ1v) is 11.7. The van der Waals surface area contributed by atoms with Crippen molar-refractivity contribution in [3.63, 3.8) is 0 Å². The lowest BCUT2D eigenvalue weighted by atomic mass is 9.73. The molecule has 0 unspecified atom stereocenters. The zero-order valence-corrected chi connectivity index (χ0v) is 19.6. The van der Waals surface area contributed by atoms with Gasteiger partial charge in [-0.15, -0.1) is 0 Å². The molecule has 2 amide bonds. The molecule has 3 rings (SSSR count). The van der Waals surface area contributed by atoms with Crippen molar-refractivity contribution >= 4 is 17.8 Å². The quantitative estimate of drug-likeness (QED) is 0.455. The first-order valence-electron chi connectivity index (χ1n) is 11.7. The van der Waals surface area contributed by atoms with E-state index in [0.29, 0.717) is 18.3 Å². The number of rotatable bonds is 11. The molecule has 176 valence electrons. The summed E-state index contributed by atoms with van der Waals surface area (Å²) in [5.74, 6) is -0.0647. The van der Waals surface area contributed by atoms with Crippen molar-refractivity contribution in [2.75, 3.05) is 0 Å². The maximum Gasteiger partial charge on any atom is 0.316 e. The number of nitrogens with two attached hydrogens (primary N) is 1. The third-order valence-corrected chi connectivity index (χ3v) is 6.56. The van der Waals surface area contributed by atoms with Crippen molar-refractivity contribution in [2.45, 2.75) is 84.0 Å². The van der Waals surface area contributed by atoms with Gasteiger partial charge in [-0.1, -0.05) is 44.2 Å². The number of hydrogen-bond donors (Lipinski definition) is 3. The van der Waals surface area contributed by atoms with Crippen LogP contribution >= 0.6 is 0 Å². The standard InChI is InChI=1S/C25H37N3O4/c1-15(2)14-25(4)21(32-24(25)31)23(30)28-20-13-18(20)12-19(27-22(29)16(3)26)11-10-17-8-6-5-7-9-17/h5-9,15-16,18-21H,10-14,26H2,1-4H3,(H,27,29)(H,28,30)/t16-,18-,19+,20-,21-,25-/m0/s1. The van der Waals surface area contributed by atoms with Crippen LogP contribution in [-0.4, -0.2) is 42.0 Å². The zero-order chi connectivity index (χ0) is 23.5. The average Bonchev–Trinajstić information content (AvgIpc) is 3.46. The van der Waals surface area contributed by atoms with Crippen LogP contribution in [0.4, 0.5) is 0 Å². The van der Waals surface area contributed by atoms with Gasteiger partial charge in [-0.2, -0.15) is 0 Å². The minimum absolute atomic E-state index is 0.00616. The molecule has 0 bridgehead atoms. The molecule has 1 heterocycles. The van der Waals surface area contributed by atoms with E-state index in [4.69, 9.17) is 10.5 Å². The minimum Gasteiger partial charge on any atom is -0.450 e. The Morgan fingerprint density at radius 2 is 1.91 bits per heavy atom. The molecule has 1 saturated heterocycles. The van der Waals surface area contributed by atoms with Crippen LogP contribution in [-0.2, 0) is 25.5 Å². The Kier molecular flexibility index (Phi) is 7.59. The lowest BCUT2D eigenvalue weighted by Crippen LogP contribution is -2.62. The lowest BCUT2D eigenvalue weighted by molar-refractivity contribution is -0.208. The van der Waals surface area contributed by atoms with Crippen LogP contribution in [0, 0.1) is 17.3 Å². The molecule has 1 aliphatic heterocycles. The fourth-order valence-electron chi connectivity index (χ4n) is 4.68. The van der Waals surface area contributed by atoms with E-state index in [1.165, 1.54) is 5.56 Å². The van der Waals surface area contributed by atoms with Gasteiger partial charge in [0.15, 0.2) is 6.10 Å². The Hall–Kier alpha value is -2.41. The summed E-state index contributed by atoms with van der Waals surface area (Å²) in [4.78, 5) is 37.0. The normalized spacial score (nSPS) is 28.3. The number of ether oxygens (including phenoxy) is 1. The molecule has 1 aromatic rings. The van der Waals surface area contributed by atoms with Crippen LogP contribution in [0.1, 0.15) is 58.9 Å². The Morgan fingerprint density at radius 1 is 1.22 bits per heavy atom. The van der Waals surface area contributed by atoms with Gasteiger partial charge >= 0.3 is 5.97 Å². The Morgan fingerprint density at radius 3 is 2.50 bits per heavy atom. The second kappa shape index (κ2) is 10.0. The molecule has 6 atom stereocenters. The summed E-state index contributed by atoms with van der Waals surface area (Å²) in [5, 5.41) is 6.13. The Balaban J connectivity index is 1.52. The van der Waals surface area contributed by atoms with Gasteiger partial charge in [-0.3, -0.25) is 14.4 Å². The number of nitrogens with one attached hydrogen (secondary N) is 2. The van der Waals surface area contributed by atoms with E-state index >= 15 is 0 Å². The maximum absolute atomic E-state index is 12.8. The van der Waals surface area contributed by atoms with Gasteiger partial charge < -0.3 is 21.1 Å². The van der Waals surface area contributed by atoms with E-state index in [-0.39, 0.29) is 29.9 Å². The van der Waals surface area contributed by atoms with Crippen LogP contribution in [0.5, 0.6) is 0 Å². The molecule has 32 heavy (non-hydrogen) atoms. The van der Waals surface area contributed by atoms with Gasteiger partial charge in [-0.05, 0) is 63.4 Å². The molecule has 1 aliphatic carbocycles. The predicted molar refractivity (Wildman–Crippen MR) is 122 cm³/mol. The summed E-state index contributed by atoms with van der Waals surface area (Å²) in [6.45, 7) is 7.57. The van der Waals surface area contributed by atoms with Crippen LogP contribution in [0.2, 0.25) is 0 Å². The predicted octanol–water partition coefficient (Wildman–Crippen LogP) is 2.32. The van der Waals surface area contributed by atoms with Crippen molar-refractivity contribution in [2.24, 2.45) is 23.0 Å². The SMILES string of the molecule is CC(C)C[C@]1(C)C(=O)O[C@H]1C(=O)N[C@H]1C[C@@H]1C[C@@H](CCc1ccccc1)NC(=O)[C@H](C)N. The summed E-state index contributed by atoms with van der Waals surface area (Å²) >= 11 is 0. The Bertz CT molecular complexity index is 826. The minimum atomic E-state index is -0.744. The number of carbonyl (C=O) groups is 3. The molecular weight excluding hydrogens is 406 g/mol. The third kappa shape index (κ3) is 5.88. The number of benzene rings is 1. The molecule has 1 aromatic carbocycles. The van der Waals surface area contributed by atoms with Crippen LogP contribution in [0.25, 0.3) is 0 Å². The van der Waals surface area contributed by atoms with Crippen LogP contribution in [0.3, 0.4) is 0 Å². The molecule has 4 N–H and O–H groups in total. The van der Waals surface area contributed by atoms with Crippen LogP contribution in [0.15, 0.2) is 30.3 Å². The Labute approximate surface area is 190 Å². The molecule has 7 heteroatoms. The summed E-state index contributed by atoms with van der Waals surface area (Å²) in [7, 11) is 0. The first kappa shape index (κ1) is 24.2. The second-order valence-corrected chi connectivity index (χ2v) is 10.2. The highest BCUT2D eigenvalue weighted by molar-refractivity contribution is 5.97. The van der Waals surface area contributed by atoms with Crippen molar-refractivity contribution < 1.29 is 19.1 Å². The number of carbonyl (C=O) groups excluding carboxylic acids is 3. The average molecular weight is 444 g/mol. The van der Waals surface area contributed by atoms with Gasteiger partial charge in [0, 0.05) is 12.1 Å². The van der Waals surface area contributed by atoms with Gasteiger partial charge in [-0.25, -0.2) is 0 Å². The van der Waals surface area contributed by atoms with Gasteiger partial charge in [0.05, 0.1) is 6.04 Å². The van der Waals surface area contributed by atoms with Crippen LogP contribution < -0.4 is 16.4 Å². The number of amides is 2. The highest BCUT2D eigenvalue weighted by atomic mass is 16.6. The maximum atomic E-state index is 12.8. The number of aryl methyl sites for hydroxylation is 1. The zero-order valence-electron chi connectivity index (χ0n) is 19.6. The van der Waals surface area contributed by atoms with E-state index in [1.54, 1.807) is 6.92 Å². The fraction of sp³-hybridized carbons (Fsp3) is 0.640. The number of hydrogen-bond acceptors (Lipinski definition) is 5. The molecule has 7 nitrogen and oxygen atoms in total. The van der Waals surface area contributed by atoms with E-state index < -0.39 is 17.6 Å². The molecule has 2 fully saturated rings. The fourth-order valence-corrected chi connectivity index (χ4v) is 4.68. The summed E-state index contributed by atoms with van der Waals surface area (Å²) in [5.41, 5.74) is 6.23.